The van der Waals surface area contributed by atoms with Crippen LogP contribution in [-0.4, -0.2) is 17.5 Å². The Morgan fingerprint density at radius 1 is 1.13 bits per heavy atom. The van der Waals surface area contributed by atoms with E-state index in [0.717, 1.165) is 28.0 Å². The standard InChI is InChI=1S/C18H17N3O2/c1-11-9-13(16-7-8-17(22)21-20-16)5-6-15(11)12-3-2-4-14(10-12)18(19)23/h2-6,9-10H,7-8H2,1H3,(H2,19,23)(H,21,22). The van der Waals surface area contributed by atoms with Gasteiger partial charge < -0.3 is 5.73 Å². The number of amides is 2. The lowest BCUT2D eigenvalue weighted by molar-refractivity contribution is -0.121. The van der Waals surface area contributed by atoms with E-state index in [1.807, 2.05) is 37.3 Å². The first-order chi connectivity index (χ1) is 11.0. The van der Waals surface area contributed by atoms with Crippen LogP contribution in [0, 0.1) is 6.92 Å². The lowest BCUT2D eigenvalue weighted by atomic mass is 9.94. The summed E-state index contributed by atoms with van der Waals surface area (Å²) in [6, 6.07) is 13.3. The molecule has 0 fully saturated rings. The van der Waals surface area contributed by atoms with Gasteiger partial charge in [-0.1, -0.05) is 24.3 Å². The largest absolute Gasteiger partial charge is 0.366 e. The van der Waals surface area contributed by atoms with Crippen LogP contribution < -0.4 is 11.2 Å². The molecule has 0 aliphatic carbocycles. The lowest BCUT2D eigenvalue weighted by Gasteiger charge is -2.14. The average Bonchev–Trinajstić information content (AvgIpc) is 2.55. The van der Waals surface area contributed by atoms with Crippen LogP contribution in [0.2, 0.25) is 0 Å². The van der Waals surface area contributed by atoms with Gasteiger partial charge in [0.2, 0.25) is 11.8 Å². The zero-order valence-corrected chi connectivity index (χ0v) is 12.8. The molecule has 23 heavy (non-hydrogen) atoms. The van der Waals surface area contributed by atoms with Crippen molar-refractivity contribution < 1.29 is 9.59 Å². The van der Waals surface area contributed by atoms with Gasteiger partial charge in [-0.15, -0.1) is 0 Å². The number of hydrazone groups is 1. The van der Waals surface area contributed by atoms with Crippen LogP contribution >= 0.6 is 0 Å². The molecule has 0 bridgehead atoms. The van der Waals surface area contributed by atoms with Crippen LogP contribution in [0.3, 0.4) is 0 Å². The molecule has 3 rings (SSSR count). The zero-order valence-electron chi connectivity index (χ0n) is 12.8. The number of hydrogen-bond donors (Lipinski definition) is 2. The Balaban J connectivity index is 1.95. The Hall–Kier alpha value is -2.95. The molecule has 0 aromatic heterocycles. The van der Waals surface area contributed by atoms with Gasteiger partial charge in [-0.3, -0.25) is 9.59 Å². The normalized spacial score (nSPS) is 14.1. The van der Waals surface area contributed by atoms with Crippen molar-refractivity contribution in [1.82, 2.24) is 5.43 Å². The van der Waals surface area contributed by atoms with Crippen LogP contribution in [0.4, 0.5) is 0 Å². The van der Waals surface area contributed by atoms with Crippen LogP contribution in [0.25, 0.3) is 11.1 Å². The average molecular weight is 307 g/mol. The third-order valence-corrected chi connectivity index (χ3v) is 3.92. The fourth-order valence-corrected chi connectivity index (χ4v) is 2.69. The number of primary amides is 1. The molecular formula is C18H17N3O2. The highest BCUT2D eigenvalue weighted by molar-refractivity contribution is 6.04. The Kier molecular flexibility index (Phi) is 3.93. The highest BCUT2D eigenvalue weighted by Crippen LogP contribution is 2.26. The van der Waals surface area contributed by atoms with E-state index in [1.165, 1.54) is 0 Å². The molecule has 0 unspecified atom stereocenters. The summed E-state index contributed by atoms with van der Waals surface area (Å²) >= 11 is 0. The fourth-order valence-electron chi connectivity index (χ4n) is 2.69. The van der Waals surface area contributed by atoms with Gasteiger partial charge in [0.25, 0.3) is 0 Å². The summed E-state index contributed by atoms with van der Waals surface area (Å²) in [5, 5.41) is 4.12. The van der Waals surface area contributed by atoms with Crippen molar-refractivity contribution in [3.63, 3.8) is 0 Å². The number of rotatable bonds is 3. The maximum atomic E-state index is 11.3. The second kappa shape index (κ2) is 6.04. The number of nitrogens with one attached hydrogen (secondary N) is 1. The van der Waals surface area contributed by atoms with E-state index < -0.39 is 5.91 Å². The van der Waals surface area contributed by atoms with Crippen molar-refractivity contribution in [3.05, 3.63) is 59.2 Å². The topological polar surface area (TPSA) is 84.6 Å². The molecule has 2 aromatic carbocycles. The summed E-state index contributed by atoms with van der Waals surface area (Å²) in [7, 11) is 0. The third kappa shape index (κ3) is 3.13. The molecule has 116 valence electrons. The number of aryl methyl sites for hydroxylation is 1. The monoisotopic (exact) mass is 307 g/mol. The number of carbonyl (C=O) groups is 2. The molecule has 0 radical (unpaired) electrons. The second-order valence-electron chi connectivity index (χ2n) is 5.57. The van der Waals surface area contributed by atoms with Gasteiger partial charge >= 0.3 is 0 Å². The zero-order chi connectivity index (χ0) is 16.4. The van der Waals surface area contributed by atoms with Crippen LogP contribution in [0.1, 0.15) is 34.3 Å². The van der Waals surface area contributed by atoms with Crippen molar-refractivity contribution in [1.29, 1.82) is 0 Å². The first-order valence-electron chi connectivity index (χ1n) is 7.41. The smallest absolute Gasteiger partial charge is 0.248 e. The van der Waals surface area contributed by atoms with Crippen LogP contribution in [0.5, 0.6) is 0 Å². The molecule has 1 aliphatic rings. The fraction of sp³-hybridized carbons (Fsp3) is 0.167. The van der Waals surface area contributed by atoms with Crippen molar-refractivity contribution >= 4 is 17.5 Å². The van der Waals surface area contributed by atoms with Gasteiger partial charge in [0.15, 0.2) is 0 Å². The first kappa shape index (κ1) is 15.0. The molecule has 2 aromatic rings. The molecule has 2 amide bonds. The maximum Gasteiger partial charge on any atom is 0.248 e. The molecule has 0 saturated carbocycles. The molecule has 0 spiro atoms. The van der Waals surface area contributed by atoms with Crippen molar-refractivity contribution in [2.45, 2.75) is 19.8 Å². The van der Waals surface area contributed by atoms with Crippen LogP contribution in [0.15, 0.2) is 47.6 Å². The summed E-state index contributed by atoms with van der Waals surface area (Å²) in [4.78, 5) is 22.5. The van der Waals surface area contributed by atoms with Gasteiger partial charge in [-0.25, -0.2) is 5.43 Å². The minimum atomic E-state index is -0.437. The number of hydrogen-bond acceptors (Lipinski definition) is 3. The molecule has 0 saturated heterocycles. The molecule has 5 nitrogen and oxygen atoms in total. The van der Waals surface area contributed by atoms with Gasteiger partial charge in [0.05, 0.1) is 5.71 Å². The van der Waals surface area contributed by atoms with Crippen molar-refractivity contribution in [2.75, 3.05) is 0 Å². The predicted molar refractivity (Wildman–Crippen MR) is 89.0 cm³/mol. The van der Waals surface area contributed by atoms with E-state index in [0.29, 0.717) is 18.4 Å². The first-order valence-corrected chi connectivity index (χ1v) is 7.41. The Morgan fingerprint density at radius 3 is 2.61 bits per heavy atom. The molecule has 1 aliphatic heterocycles. The number of nitrogens with zero attached hydrogens (tertiary/aromatic N) is 1. The van der Waals surface area contributed by atoms with Crippen LogP contribution in [-0.2, 0) is 4.79 Å². The highest BCUT2D eigenvalue weighted by atomic mass is 16.2. The second-order valence-corrected chi connectivity index (χ2v) is 5.57. The van der Waals surface area contributed by atoms with Crippen molar-refractivity contribution in [2.24, 2.45) is 10.8 Å². The summed E-state index contributed by atoms with van der Waals surface area (Å²) in [6.07, 6.45) is 1.10. The van der Waals surface area contributed by atoms with E-state index in [-0.39, 0.29) is 5.91 Å². The molecule has 3 N–H and O–H groups in total. The predicted octanol–water partition coefficient (Wildman–Crippen LogP) is 2.38. The summed E-state index contributed by atoms with van der Waals surface area (Å²) in [6.45, 7) is 2.01. The highest BCUT2D eigenvalue weighted by Gasteiger charge is 2.14. The Bertz CT molecular complexity index is 825. The summed E-state index contributed by atoms with van der Waals surface area (Å²) < 4.78 is 0. The lowest BCUT2D eigenvalue weighted by Crippen LogP contribution is -2.25. The minimum absolute atomic E-state index is 0.0506. The Morgan fingerprint density at radius 2 is 1.96 bits per heavy atom. The molecule has 0 atom stereocenters. The van der Waals surface area contributed by atoms with E-state index >= 15 is 0 Å². The number of nitrogens with two attached hydrogens (primary N) is 1. The van der Waals surface area contributed by atoms with Gasteiger partial charge in [0, 0.05) is 18.4 Å². The van der Waals surface area contributed by atoms with E-state index in [2.05, 4.69) is 10.5 Å². The SMILES string of the molecule is Cc1cc(C2=NNC(=O)CC2)ccc1-c1cccc(C(N)=O)c1. The van der Waals surface area contributed by atoms with Crippen molar-refractivity contribution in [3.8, 4) is 11.1 Å². The Labute approximate surface area is 134 Å². The molecule has 1 heterocycles. The van der Waals surface area contributed by atoms with E-state index in [1.54, 1.807) is 12.1 Å². The molecular weight excluding hydrogens is 290 g/mol. The van der Waals surface area contributed by atoms with Gasteiger partial charge in [-0.05, 0) is 47.4 Å². The maximum absolute atomic E-state index is 11.3. The van der Waals surface area contributed by atoms with E-state index in [4.69, 9.17) is 5.73 Å². The quantitative estimate of drug-likeness (QED) is 0.912. The molecule has 5 heteroatoms. The minimum Gasteiger partial charge on any atom is -0.366 e. The van der Waals surface area contributed by atoms with Gasteiger partial charge in [0.1, 0.15) is 0 Å². The summed E-state index contributed by atoms with van der Waals surface area (Å²) in [5.74, 6) is -0.487. The van der Waals surface area contributed by atoms with E-state index in [9.17, 15) is 9.59 Å². The van der Waals surface area contributed by atoms with Gasteiger partial charge in [-0.2, -0.15) is 5.10 Å². The summed E-state index contributed by atoms with van der Waals surface area (Å²) in [5.41, 5.74) is 13.3. The number of carbonyl (C=O) groups excluding carboxylic acids is 2. The number of benzene rings is 2. The third-order valence-electron chi connectivity index (χ3n) is 3.92.